The number of aliphatic hydroxyl groups is 1. The number of unbranched alkanes of at least 4 members (excludes halogenated alkanes) is 1. The molecular formula is C35H34ClF2NO4. The minimum atomic E-state index is -3.55. The van der Waals surface area contributed by atoms with Gasteiger partial charge in [0.05, 0.1) is 16.9 Å². The maximum absolute atomic E-state index is 15.3. The van der Waals surface area contributed by atoms with E-state index in [1.807, 2.05) is 12.1 Å². The molecule has 0 saturated heterocycles. The summed E-state index contributed by atoms with van der Waals surface area (Å²) in [7, 11) is 0. The number of benzene rings is 4. The lowest BCUT2D eigenvalue weighted by Crippen LogP contribution is -2.27. The van der Waals surface area contributed by atoms with Crippen LogP contribution in [0.25, 0.3) is 11.1 Å². The van der Waals surface area contributed by atoms with Crippen LogP contribution in [0.3, 0.4) is 0 Å². The predicted molar refractivity (Wildman–Crippen MR) is 166 cm³/mol. The molecule has 0 aliphatic rings. The third kappa shape index (κ3) is 9.40. The normalized spacial score (nSPS) is 11.4. The van der Waals surface area contributed by atoms with Crippen molar-refractivity contribution >= 4 is 17.6 Å². The number of para-hydroxylation sites is 1. The first-order valence-corrected chi connectivity index (χ1v) is 14.4. The topological polar surface area (TPSA) is 70.0 Å². The number of allylic oxidation sites excluding steroid dienone is 1. The summed E-state index contributed by atoms with van der Waals surface area (Å²) in [5, 5.41) is 19.2. The Morgan fingerprint density at radius 3 is 2.09 bits per heavy atom. The number of carboxylic acid groups (broad SMARTS) is 1. The fourth-order valence-electron chi connectivity index (χ4n) is 4.73. The van der Waals surface area contributed by atoms with Gasteiger partial charge in [-0.05, 0) is 90.5 Å². The number of nitrogens with zero attached hydrogens (tertiary/aromatic N) is 1. The number of aliphatic hydroxyl groups excluding tert-OH is 1. The summed E-state index contributed by atoms with van der Waals surface area (Å²) in [6.45, 7) is 5.35. The summed E-state index contributed by atoms with van der Waals surface area (Å²) in [4.78, 5) is 13.4. The lowest BCUT2D eigenvalue weighted by atomic mass is 10.0. The van der Waals surface area contributed by atoms with Crippen molar-refractivity contribution < 1.29 is 28.5 Å². The summed E-state index contributed by atoms with van der Waals surface area (Å²) < 4.78 is 36.0. The van der Waals surface area contributed by atoms with E-state index in [9.17, 15) is 15.0 Å². The maximum atomic E-state index is 15.3. The van der Waals surface area contributed by atoms with Gasteiger partial charge in [0.2, 0.25) is 0 Å². The van der Waals surface area contributed by atoms with Crippen LogP contribution in [0.1, 0.15) is 46.3 Å². The maximum Gasteiger partial charge on any atom is 0.426 e. The van der Waals surface area contributed by atoms with E-state index in [1.165, 1.54) is 12.1 Å². The molecule has 0 atom stereocenters. The largest absolute Gasteiger partial charge is 0.513 e. The van der Waals surface area contributed by atoms with E-state index in [-0.39, 0.29) is 22.6 Å². The number of carboxylic acids is 1. The summed E-state index contributed by atoms with van der Waals surface area (Å²) >= 11 is 5.96. The van der Waals surface area contributed by atoms with Crippen LogP contribution in [-0.4, -0.2) is 34.2 Å². The van der Waals surface area contributed by atoms with Crippen molar-refractivity contribution in [3.63, 3.8) is 0 Å². The molecule has 5 nitrogen and oxygen atoms in total. The third-order valence-corrected chi connectivity index (χ3v) is 7.36. The number of carbonyl (C=O) groups is 1. The van der Waals surface area contributed by atoms with Crippen molar-refractivity contribution in [2.45, 2.75) is 38.3 Å². The summed E-state index contributed by atoms with van der Waals surface area (Å²) in [5.41, 5.74) is 3.21. The van der Waals surface area contributed by atoms with E-state index < -0.39 is 12.1 Å². The predicted octanol–water partition coefficient (Wildman–Crippen LogP) is 9.12. The van der Waals surface area contributed by atoms with E-state index >= 15 is 8.78 Å². The molecule has 4 aromatic rings. The smallest absolute Gasteiger partial charge is 0.426 e. The zero-order valence-corrected chi connectivity index (χ0v) is 24.4. The zero-order chi connectivity index (χ0) is 30.8. The Morgan fingerprint density at radius 1 is 0.837 bits per heavy atom. The Bertz CT molecular complexity index is 1510. The van der Waals surface area contributed by atoms with Crippen LogP contribution in [0.4, 0.5) is 8.78 Å². The van der Waals surface area contributed by atoms with Crippen LogP contribution in [0.15, 0.2) is 109 Å². The van der Waals surface area contributed by atoms with E-state index in [0.29, 0.717) is 43.1 Å². The minimum absolute atomic E-state index is 0.108. The van der Waals surface area contributed by atoms with Crippen molar-refractivity contribution in [3.8, 4) is 16.9 Å². The second-order valence-electron chi connectivity index (χ2n) is 10.4. The van der Waals surface area contributed by atoms with Crippen LogP contribution in [0, 0.1) is 0 Å². The van der Waals surface area contributed by atoms with Crippen molar-refractivity contribution in [2.24, 2.45) is 0 Å². The first-order valence-electron chi connectivity index (χ1n) is 14.0. The molecule has 2 N–H and O–H groups in total. The number of hydrogen-bond donors (Lipinski definition) is 2. The number of ether oxygens (including phenoxy) is 1. The number of halogens is 3. The molecule has 0 amide bonds. The fraction of sp³-hybridized carbons (Fsp3) is 0.229. The summed E-state index contributed by atoms with van der Waals surface area (Å²) in [6.07, 6.45) is -1.02. The average Bonchev–Trinajstić information content (AvgIpc) is 2.99. The number of rotatable bonds is 15. The number of alkyl halides is 2. The lowest BCUT2D eigenvalue weighted by Gasteiger charge is -2.24. The van der Waals surface area contributed by atoms with Gasteiger partial charge < -0.3 is 14.9 Å². The van der Waals surface area contributed by atoms with Gasteiger partial charge in [0.15, 0.2) is 0 Å². The van der Waals surface area contributed by atoms with Gasteiger partial charge in [0.25, 0.3) is 0 Å². The van der Waals surface area contributed by atoms with Gasteiger partial charge in [0.1, 0.15) is 5.75 Å². The molecule has 0 fully saturated rings. The Labute approximate surface area is 255 Å². The van der Waals surface area contributed by atoms with Crippen LogP contribution >= 0.6 is 11.6 Å². The second kappa shape index (κ2) is 14.8. The van der Waals surface area contributed by atoms with Crippen LogP contribution in [0.2, 0.25) is 5.02 Å². The van der Waals surface area contributed by atoms with Gasteiger partial charge in [-0.3, -0.25) is 4.90 Å². The Balaban J connectivity index is 1.44. The Hall–Kier alpha value is -4.20. The van der Waals surface area contributed by atoms with Gasteiger partial charge in [-0.2, -0.15) is 8.78 Å². The molecule has 224 valence electrons. The van der Waals surface area contributed by atoms with Crippen molar-refractivity contribution in [3.05, 3.63) is 137 Å². The molecule has 0 saturated carbocycles. The molecule has 0 aromatic heterocycles. The van der Waals surface area contributed by atoms with Gasteiger partial charge >= 0.3 is 12.1 Å². The number of hydrogen-bond acceptors (Lipinski definition) is 4. The molecular weight excluding hydrogens is 572 g/mol. The SMILES string of the molecule is C=C(O)CCCCN(CCc1ccccc1OC(F)(F)c1ccc(-c2ccc(Cl)cc2)cc1)Cc1ccc(C(=O)O)cc1. The van der Waals surface area contributed by atoms with Crippen molar-refractivity contribution in [1.29, 1.82) is 0 Å². The van der Waals surface area contributed by atoms with Crippen molar-refractivity contribution in [1.82, 2.24) is 4.90 Å². The summed E-state index contributed by atoms with van der Waals surface area (Å²) in [5.74, 6) is -0.738. The number of aromatic carboxylic acids is 1. The monoisotopic (exact) mass is 605 g/mol. The minimum Gasteiger partial charge on any atom is -0.513 e. The van der Waals surface area contributed by atoms with Gasteiger partial charge in [-0.25, -0.2) is 4.79 Å². The molecule has 0 aliphatic heterocycles. The fourth-order valence-corrected chi connectivity index (χ4v) is 4.86. The van der Waals surface area contributed by atoms with Crippen LogP contribution in [-0.2, 0) is 19.1 Å². The standard InChI is InChI=1S/C35H34ClF2NO4/c1-25(40)6-4-5-22-39(24-26-9-11-30(12-10-26)34(41)42)23-21-29-7-2-3-8-33(29)43-35(37,38)31-17-13-27(14-18-31)28-15-19-32(36)20-16-28/h2-3,7-20,40H,1,4-6,21-24H2,(H,41,42). The molecule has 0 radical (unpaired) electrons. The van der Waals surface area contributed by atoms with Crippen LogP contribution in [0.5, 0.6) is 5.75 Å². The molecule has 0 aliphatic carbocycles. The first kappa shape index (κ1) is 31.7. The lowest BCUT2D eigenvalue weighted by molar-refractivity contribution is -0.185. The second-order valence-corrected chi connectivity index (χ2v) is 10.8. The van der Waals surface area contributed by atoms with E-state index in [0.717, 1.165) is 29.5 Å². The van der Waals surface area contributed by atoms with Crippen LogP contribution < -0.4 is 4.74 Å². The highest BCUT2D eigenvalue weighted by molar-refractivity contribution is 6.30. The van der Waals surface area contributed by atoms with Gasteiger partial charge in [0, 0.05) is 24.5 Å². The van der Waals surface area contributed by atoms with E-state index in [4.69, 9.17) is 16.3 Å². The Kier molecular flexibility index (Phi) is 10.9. The molecule has 0 unspecified atom stereocenters. The van der Waals surface area contributed by atoms with E-state index in [2.05, 4.69) is 11.5 Å². The first-order chi connectivity index (χ1) is 20.6. The van der Waals surface area contributed by atoms with Crippen molar-refractivity contribution in [2.75, 3.05) is 13.1 Å². The third-order valence-electron chi connectivity index (χ3n) is 7.10. The van der Waals surface area contributed by atoms with E-state index in [1.54, 1.807) is 72.8 Å². The quantitative estimate of drug-likeness (QED) is 0.104. The molecule has 0 spiro atoms. The molecule has 0 bridgehead atoms. The molecule has 4 rings (SSSR count). The molecule has 43 heavy (non-hydrogen) atoms. The average molecular weight is 606 g/mol. The molecule has 0 heterocycles. The highest BCUT2D eigenvalue weighted by Gasteiger charge is 2.35. The molecule has 4 aromatic carbocycles. The zero-order valence-electron chi connectivity index (χ0n) is 23.7. The van der Waals surface area contributed by atoms with Gasteiger partial charge in [-0.15, -0.1) is 0 Å². The Morgan fingerprint density at radius 2 is 1.47 bits per heavy atom. The highest BCUT2D eigenvalue weighted by atomic mass is 35.5. The summed E-state index contributed by atoms with van der Waals surface area (Å²) in [6, 6.07) is 26.7. The highest BCUT2D eigenvalue weighted by Crippen LogP contribution is 2.35. The van der Waals surface area contributed by atoms with Gasteiger partial charge in [-0.1, -0.05) is 72.8 Å². The molecule has 8 heteroatoms.